The Morgan fingerprint density at radius 3 is 2.32 bits per heavy atom. The zero-order chi connectivity index (χ0) is 14.9. The van der Waals surface area contributed by atoms with Crippen LogP contribution in [0.5, 0.6) is 5.75 Å². The summed E-state index contributed by atoms with van der Waals surface area (Å²) < 4.78 is 0. The van der Waals surface area contributed by atoms with Gasteiger partial charge in [-0.2, -0.15) is 0 Å². The first kappa shape index (κ1) is 13.0. The summed E-state index contributed by atoms with van der Waals surface area (Å²) >= 11 is 1.62. The van der Waals surface area contributed by atoms with Crippen molar-refractivity contribution in [3.8, 4) is 27.6 Å². The minimum atomic E-state index is 0.273. The van der Waals surface area contributed by atoms with Crippen molar-refractivity contribution in [2.75, 3.05) is 0 Å². The van der Waals surface area contributed by atoms with Crippen molar-refractivity contribution < 1.29 is 5.11 Å². The van der Waals surface area contributed by atoms with Crippen LogP contribution < -0.4 is 0 Å². The number of aromatic hydroxyl groups is 1. The number of aromatic nitrogens is 1. The average molecular weight is 303 g/mol. The van der Waals surface area contributed by atoms with Gasteiger partial charge in [-0.3, -0.25) is 0 Å². The Morgan fingerprint density at radius 2 is 1.50 bits per heavy atom. The molecule has 0 atom stereocenters. The van der Waals surface area contributed by atoms with Gasteiger partial charge in [0.15, 0.2) is 0 Å². The molecule has 0 saturated carbocycles. The molecular formula is C19H13NOS. The van der Waals surface area contributed by atoms with Crippen molar-refractivity contribution in [2.45, 2.75) is 0 Å². The molecule has 1 aromatic heterocycles. The van der Waals surface area contributed by atoms with Crippen LogP contribution in [-0.4, -0.2) is 10.1 Å². The Bertz CT molecular complexity index is 941. The summed E-state index contributed by atoms with van der Waals surface area (Å²) in [4.78, 5) is 4.72. The smallest absolute Gasteiger partial charge is 0.124 e. The van der Waals surface area contributed by atoms with Crippen LogP contribution in [-0.2, 0) is 0 Å². The molecule has 1 N–H and O–H groups in total. The summed E-state index contributed by atoms with van der Waals surface area (Å²) in [6, 6.07) is 21.9. The normalized spacial score (nSPS) is 10.9. The monoisotopic (exact) mass is 303 g/mol. The molecule has 4 aromatic rings. The summed E-state index contributed by atoms with van der Waals surface area (Å²) in [5, 5.41) is 14.9. The fourth-order valence-corrected chi connectivity index (χ4v) is 3.33. The van der Waals surface area contributed by atoms with Gasteiger partial charge in [-0.25, -0.2) is 4.98 Å². The molecule has 2 nitrogen and oxygen atoms in total. The van der Waals surface area contributed by atoms with E-state index in [0.717, 1.165) is 21.8 Å². The van der Waals surface area contributed by atoms with Crippen molar-refractivity contribution in [3.63, 3.8) is 0 Å². The lowest BCUT2D eigenvalue weighted by Crippen LogP contribution is -1.80. The SMILES string of the molecule is Oc1ccc(-c2nc(-c3ccc4ccccc4c3)cs2)cc1. The van der Waals surface area contributed by atoms with Crippen molar-refractivity contribution in [3.05, 3.63) is 72.1 Å². The second kappa shape index (κ2) is 5.28. The van der Waals surface area contributed by atoms with Crippen LogP contribution in [0.1, 0.15) is 0 Å². The van der Waals surface area contributed by atoms with Crippen LogP contribution in [0.3, 0.4) is 0 Å². The van der Waals surface area contributed by atoms with Crippen LogP contribution in [0.4, 0.5) is 0 Å². The molecule has 0 bridgehead atoms. The zero-order valence-corrected chi connectivity index (χ0v) is 12.5. The highest BCUT2D eigenvalue weighted by Crippen LogP contribution is 2.31. The predicted octanol–water partition coefficient (Wildman–Crippen LogP) is 5.34. The third kappa shape index (κ3) is 2.36. The highest BCUT2D eigenvalue weighted by atomic mass is 32.1. The van der Waals surface area contributed by atoms with E-state index in [2.05, 4.69) is 41.8 Å². The maximum atomic E-state index is 9.37. The highest BCUT2D eigenvalue weighted by Gasteiger charge is 2.07. The topological polar surface area (TPSA) is 33.1 Å². The molecule has 0 aliphatic rings. The van der Waals surface area contributed by atoms with E-state index < -0.39 is 0 Å². The van der Waals surface area contributed by atoms with Gasteiger partial charge in [0.25, 0.3) is 0 Å². The minimum absolute atomic E-state index is 0.273. The molecule has 0 unspecified atom stereocenters. The van der Waals surface area contributed by atoms with Gasteiger partial charge in [0.1, 0.15) is 10.8 Å². The van der Waals surface area contributed by atoms with Crippen molar-refractivity contribution in [1.29, 1.82) is 0 Å². The van der Waals surface area contributed by atoms with E-state index in [9.17, 15) is 5.11 Å². The van der Waals surface area contributed by atoms with Gasteiger partial charge in [0.2, 0.25) is 0 Å². The standard InChI is InChI=1S/C19H13NOS/c21-17-9-7-14(8-10-17)19-20-18(12-22-19)16-6-5-13-3-1-2-4-15(13)11-16/h1-12,21H. The Kier molecular flexibility index (Phi) is 3.13. The van der Waals surface area contributed by atoms with Gasteiger partial charge in [0, 0.05) is 16.5 Å². The van der Waals surface area contributed by atoms with Crippen molar-refractivity contribution in [2.24, 2.45) is 0 Å². The maximum absolute atomic E-state index is 9.37. The van der Waals surface area contributed by atoms with E-state index in [1.165, 1.54) is 10.8 Å². The van der Waals surface area contributed by atoms with Crippen LogP contribution in [0, 0.1) is 0 Å². The number of phenols is 1. The van der Waals surface area contributed by atoms with Crippen LogP contribution in [0.25, 0.3) is 32.6 Å². The third-order valence-corrected chi connectivity index (χ3v) is 4.56. The number of phenolic OH excluding ortho intramolecular Hbond substituents is 1. The molecule has 0 fully saturated rings. The first-order valence-electron chi connectivity index (χ1n) is 7.04. The lowest BCUT2D eigenvalue weighted by molar-refractivity contribution is 0.475. The minimum Gasteiger partial charge on any atom is -0.508 e. The lowest BCUT2D eigenvalue weighted by atomic mass is 10.1. The molecular weight excluding hydrogens is 290 g/mol. The lowest BCUT2D eigenvalue weighted by Gasteiger charge is -2.01. The second-order valence-electron chi connectivity index (χ2n) is 5.15. The number of thiazole rings is 1. The molecule has 3 aromatic carbocycles. The second-order valence-corrected chi connectivity index (χ2v) is 6.00. The molecule has 0 aliphatic heterocycles. The Labute approximate surface area is 132 Å². The number of hydrogen-bond acceptors (Lipinski definition) is 3. The number of benzene rings is 3. The average Bonchev–Trinajstić information content (AvgIpc) is 3.05. The van der Waals surface area contributed by atoms with E-state index in [-0.39, 0.29) is 5.75 Å². The maximum Gasteiger partial charge on any atom is 0.124 e. The molecule has 3 heteroatoms. The molecule has 0 radical (unpaired) electrons. The molecule has 0 spiro atoms. The van der Waals surface area contributed by atoms with Crippen LogP contribution in [0.15, 0.2) is 72.1 Å². The quantitative estimate of drug-likeness (QED) is 0.542. The van der Waals surface area contributed by atoms with Gasteiger partial charge in [-0.1, -0.05) is 36.4 Å². The molecule has 4 rings (SSSR count). The molecule has 0 aliphatic carbocycles. The number of fused-ring (bicyclic) bond motifs is 1. The molecule has 0 amide bonds. The van der Waals surface area contributed by atoms with Gasteiger partial charge in [-0.15, -0.1) is 11.3 Å². The molecule has 22 heavy (non-hydrogen) atoms. The van der Waals surface area contributed by atoms with Crippen molar-refractivity contribution in [1.82, 2.24) is 4.98 Å². The van der Waals surface area contributed by atoms with Gasteiger partial charge in [0.05, 0.1) is 5.69 Å². The Morgan fingerprint density at radius 1 is 0.773 bits per heavy atom. The fourth-order valence-electron chi connectivity index (χ4n) is 2.49. The summed E-state index contributed by atoms with van der Waals surface area (Å²) in [5.74, 6) is 0.273. The highest BCUT2D eigenvalue weighted by molar-refractivity contribution is 7.13. The first-order chi connectivity index (χ1) is 10.8. The van der Waals surface area contributed by atoms with Crippen molar-refractivity contribution >= 4 is 22.1 Å². The molecule has 1 heterocycles. The van der Waals surface area contributed by atoms with E-state index in [1.54, 1.807) is 23.5 Å². The number of nitrogens with zero attached hydrogens (tertiary/aromatic N) is 1. The number of hydrogen-bond donors (Lipinski definition) is 1. The summed E-state index contributed by atoms with van der Waals surface area (Å²) in [6.07, 6.45) is 0. The van der Waals surface area contributed by atoms with E-state index in [4.69, 9.17) is 4.98 Å². The van der Waals surface area contributed by atoms with Crippen LogP contribution in [0.2, 0.25) is 0 Å². The zero-order valence-electron chi connectivity index (χ0n) is 11.7. The Hall–Kier alpha value is -2.65. The predicted molar refractivity (Wildman–Crippen MR) is 92.2 cm³/mol. The summed E-state index contributed by atoms with van der Waals surface area (Å²) in [7, 11) is 0. The van der Waals surface area contributed by atoms with Crippen LogP contribution >= 0.6 is 11.3 Å². The molecule has 106 valence electrons. The fraction of sp³-hybridized carbons (Fsp3) is 0. The molecule has 0 saturated heterocycles. The van der Waals surface area contributed by atoms with E-state index in [0.29, 0.717) is 0 Å². The summed E-state index contributed by atoms with van der Waals surface area (Å²) in [5.41, 5.74) is 3.13. The van der Waals surface area contributed by atoms with Gasteiger partial charge in [-0.05, 0) is 41.1 Å². The summed E-state index contributed by atoms with van der Waals surface area (Å²) in [6.45, 7) is 0. The Balaban J connectivity index is 1.74. The van der Waals surface area contributed by atoms with E-state index >= 15 is 0 Å². The van der Waals surface area contributed by atoms with Gasteiger partial charge < -0.3 is 5.11 Å². The third-order valence-electron chi connectivity index (χ3n) is 3.66. The largest absolute Gasteiger partial charge is 0.508 e. The first-order valence-corrected chi connectivity index (χ1v) is 7.92. The number of rotatable bonds is 2. The van der Waals surface area contributed by atoms with Gasteiger partial charge >= 0.3 is 0 Å². The van der Waals surface area contributed by atoms with E-state index in [1.807, 2.05) is 18.2 Å².